The SMILES string of the molecule is CC(C)(Br)c1ccccc1OCCOCSSCOCCOc1ccccc1C(C)(C)Br. The summed E-state index contributed by atoms with van der Waals surface area (Å²) in [6.45, 7) is 10.6. The molecular formula is C24H32Br2O4S2. The van der Waals surface area contributed by atoms with E-state index < -0.39 is 0 Å². The van der Waals surface area contributed by atoms with E-state index in [1.54, 1.807) is 21.6 Å². The van der Waals surface area contributed by atoms with E-state index >= 15 is 0 Å². The van der Waals surface area contributed by atoms with Crippen molar-refractivity contribution in [3.8, 4) is 11.5 Å². The average Bonchev–Trinajstić information content (AvgIpc) is 2.73. The lowest BCUT2D eigenvalue weighted by atomic mass is 10.0. The molecule has 0 fully saturated rings. The lowest BCUT2D eigenvalue weighted by molar-refractivity contribution is 0.134. The molecule has 0 heterocycles. The third kappa shape index (κ3) is 10.3. The summed E-state index contributed by atoms with van der Waals surface area (Å²) in [6, 6.07) is 16.1. The molecule has 0 aliphatic heterocycles. The molecule has 4 nitrogen and oxygen atoms in total. The highest BCUT2D eigenvalue weighted by Crippen LogP contribution is 2.37. The van der Waals surface area contributed by atoms with Crippen molar-refractivity contribution in [1.82, 2.24) is 0 Å². The van der Waals surface area contributed by atoms with Gasteiger partial charge in [0.2, 0.25) is 0 Å². The minimum Gasteiger partial charge on any atom is -0.491 e. The maximum absolute atomic E-state index is 5.89. The first-order valence-electron chi connectivity index (χ1n) is 10.4. The van der Waals surface area contributed by atoms with Gasteiger partial charge in [0.15, 0.2) is 0 Å². The van der Waals surface area contributed by atoms with E-state index in [9.17, 15) is 0 Å². The fraction of sp³-hybridized carbons (Fsp3) is 0.500. The molecule has 2 aromatic rings. The first-order chi connectivity index (χ1) is 15.2. The van der Waals surface area contributed by atoms with Crippen molar-refractivity contribution >= 4 is 53.4 Å². The number of ether oxygens (including phenoxy) is 4. The summed E-state index contributed by atoms with van der Waals surface area (Å²) in [7, 11) is 3.25. The summed E-state index contributed by atoms with van der Waals surface area (Å²) in [6.07, 6.45) is 0. The molecule has 0 unspecified atom stereocenters. The molecule has 32 heavy (non-hydrogen) atoms. The summed E-state index contributed by atoms with van der Waals surface area (Å²) < 4.78 is 22.8. The monoisotopic (exact) mass is 606 g/mol. The number of hydrogen-bond donors (Lipinski definition) is 0. The van der Waals surface area contributed by atoms with E-state index in [-0.39, 0.29) is 8.65 Å². The Bertz CT molecular complexity index is 740. The predicted octanol–water partition coefficient (Wildman–Crippen LogP) is 7.73. The predicted molar refractivity (Wildman–Crippen MR) is 145 cm³/mol. The summed E-state index contributed by atoms with van der Waals surface area (Å²) in [5.74, 6) is 2.95. The molecule has 0 spiro atoms. The van der Waals surface area contributed by atoms with Gasteiger partial charge in [-0.2, -0.15) is 0 Å². The van der Waals surface area contributed by atoms with Gasteiger partial charge in [0, 0.05) is 19.8 Å². The molecule has 2 rings (SSSR count). The summed E-state index contributed by atoms with van der Waals surface area (Å²) in [5, 5.41) is 0. The molecular weight excluding hydrogens is 576 g/mol. The number of hydrogen-bond acceptors (Lipinski definition) is 6. The van der Waals surface area contributed by atoms with Crippen LogP contribution in [-0.4, -0.2) is 38.3 Å². The minimum absolute atomic E-state index is 0.129. The second-order valence-electron chi connectivity index (χ2n) is 7.92. The molecule has 0 aromatic heterocycles. The van der Waals surface area contributed by atoms with Crippen LogP contribution in [-0.2, 0) is 18.1 Å². The number of benzene rings is 2. The zero-order valence-electron chi connectivity index (χ0n) is 19.1. The Labute approximate surface area is 217 Å². The van der Waals surface area contributed by atoms with E-state index in [1.807, 2.05) is 36.4 Å². The molecule has 2 aromatic carbocycles. The largest absolute Gasteiger partial charge is 0.491 e. The molecule has 0 aliphatic rings. The summed E-state index contributed by atoms with van der Waals surface area (Å²) in [4.78, 5) is 0. The molecule has 0 radical (unpaired) electrons. The quantitative estimate of drug-likeness (QED) is 0.0892. The number of alkyl halides is 2. The van der Waals surface area contributed by atoms with Crippen LogP contribution in [0.25, 0.3) is 0 Å². The highest BCUT2D eigenvalue weighted by molar-refractivity contribution is 9.09. The van der Waals surface area contributed by atoms with Crippen LogP contribution in [0.2, 0.25) is 0 Å². The van der Waals surface area contributed by atoms with Crippen molar-refractivity contribution in [2.24, 2.45) is 0 Å². The van der Waals surface area contributed by atoms with Crippen molar-refractivity contribution in [2.45, 2.75) is 36.3 Å². The van der Waals surface area contributed by atoms with Crippen molar-refractivity contribution in [3.63, 3.8) is 0 Å². The van der Waals surface area contributed by atoms with Gasteiger partial charge in [0.1, 0.15) is 36.6 Å². The third-order valence-electron chi connectivity index (χ3n) is 4.37. The van der Waals surface area contributed by atoms with Gasteiger partial charge in [-0.15, -0.1) is 0 Å². The Hall–Kier alpha value is -0.380. The van der Waals surface area contributed by atoms with Crippen LogP contribution in [0.3, 0.4) is 0 Å². The van der Waals surface area contributed by atoms with Crippen molar-refractivity contribution in [3.05, 3.63) is 59.7 Å². The minimum atomic E-state index is -0.129. The molecule has 0 bridgehead atoms. The maximum Gasteiger partial charge on any atom is 0.124 e. The Kier molecular flexibility index (Phi) is 12.3. The van der Waals surface area contributed by atoms with Gasteiger partial charge in [-0.05, 0) is 39.8 Å². The Balaban J connectivity index is 1.49. The van der Waals surface area contributed by atoms with Crippen LogP contribution in [0.4, 0.5) is 0 Å². The van der Waals surface area contributed by atoms with Crippen molar-refractivity contribution in [1.29, 1.82) is 0 Å². The normalized spacial score (nSPS) is 12.1. The molecule has 0 saturated carbocycles. The van der Waals surface area contributed by atoms with Gasteiger partial charge in [-0.25, -0.2) is 0 Å². The molecule has 0 atom stereocenters. The van der Waals surface area contributed by atoms with Gasteiger partial charge >= 0.3 is 0 Å². The van der Waals surface area contributed by atoms with E-state index in [1.165, 1.54) is 0 Å². The van der Waals surface area contributed by atoms with Gasteiger partial charge < -0.3 is 18.9 Å². The van der Waals surface area contributed by atoms with E-state index in [0.29, 0.717) is 38.3 Å². The van der Waals surface area contributed by atoms with Crippen molar-refractivity contribution in [2.75, 3.05) is 38.3 Å². The highest BCUT2D eigenvalue weighted by Gasteiger charge is 2.21. The Morgan fingerprint density at radius 2 is 1.00 bits per heavy atom. The molecule has 8 heteroatoms. The van der Waals surface area contributed by atoms with Gasteiger partial charge in [-0.1, -0.05) is 89.8 Å². The van der Waals surface area contributed by atoms with E-state index in [2.05, 4.69) is 71.7 Å². The highest BCUT2D eigenvalue weighted by atomic mass is 79.9. The van der Waals surface area contributed by atoms with Gasteiger partial charge in [-0.3, -0.25) is 0 Å². The fourth-order valence-electron chi connectivity index (χ4n) is 2.84. The molecule has 0 amide bonds. The summed E-state index contributed by atoms with van der Waals surface area (Å²) in [5.41, 5.74) is 2.26. The Morgan fingerprint density at radius 3 is 1.38 bits per heavy atom. The zero-order chi connectivity index (χ0) is 23.5. The zero-order valence-corrected chi connectivity index (χ0v) is 23.9. The van der Waals surface area contributed by atoms with Crippen LogP contribution >= 0.6 is 53.4 Å². The standard InChI is InChI=1S/C24H32Br2O4S2/c1-23(2,25)19-9-5-7-11-21(19)29-15-13-27-17-31-32-18-28-14-16-30-22-12-8-6-10-20(22)24(3,4)26/h5-12H,13-18H2,1-4H3. The number of rotatable bonds is 15. The summed E-state index contributed by atoms with van der Waals surface area (Å²) >= 11 is 7.39. The molecule has 0 N–H and O–H groups in total. The van der Waals surface area contributed by atoms with Crippen LogP contribution < -0.4 is 9.47 Å². The van der Waals surface area contributed by atoms with Crippen LogP contribution in [0, 0.1) is 0 Å². The van der Waals surface area contributed by atoms with Crippen LogP contribution in [0.1, 0.15) is 38.8 Å². The average molecular weight is 608 g/mol. The number of halogens is 2. The second-order valence-corrected chi connectivity index (χ2v) is 14.2. The smallest absolute Gasteiger partial charge is 0.124 e. The first-order valence-corrected chi connectivity index (χ1v) is 14.5. The van der Waals surface area contributed by atoms with Gasteiger partial charge in [0.05, 0.1) is 13.2 Å². The second kappa shape index (κ2) is 14.1. The lowest BCUT2D eigenvalue weighted by Crippen LogP contribution is -2.12. The lowest BCUT2D eigenvalue weighted by Gasteiger charge is -2.21. The van der Waals surface area contributed by atoms with Crippen molar-refractivity contribution < 1.29 is 18.9 Å². The van der Waals surface area contributed by atoms with E-state index in [0.717, 1.165) is 22.6 Å². The topological polar surface area (TPSA) is 36.9 Å². The fourth-order valence-corrected chi connectivity index (χ4v) is 4.82. The Morgan fingerprint density at radius 1 is 0.625 bits per heavy atom. The maximum atomic E-state index is 5.89. The molecule has 0 saturated heterocycles. The van der Waals surface area contributed by atoms with Crippen LogP contribution in [0.5, 0.6) is 11.5 Å². The molecule has 178 valence electrons. The van der Waals surface area contributed by atoms with E-state index in [4.69, 9.17) is 18.9 Å². The first kappa shape index (κ1) is 27.9. The number of para-hydroxylation sites is 2. The van der Waals surface area contributed by atoms with Gasteiger partial charge in [0.25, 0.3) is 0 Å². The molecule has 0 aliphatic carbocycles. The third-order valence-corrected chi connectivity index (χ3v) is 7.00. The van der Waals surface area contributed by atoms with Crippen LogP contribution in [0.15, 0.2) is 48.5 Å².